The van der Waals surface area contributed by atoms with Gasteiger partial charge in [0, 0.05) is 15.7 Å². The lowest BCUT2D eigenvalue weighted by Crippen LogP contribution is -2.12. The second kappa shape index (κ2) is 5.58. The normalized spacial score (nSPS) is 10.8. The highest BCUT2D eigenvalue weighted by Gasteiger charge is 2.09. The van der Waals surface area contributed by atoms with Gasteiger partial charge in [0.25, 0.3) is 5.91 Å². The Morgan fingerprint density at radius 3 is 2.76 bits per heavy atom. The van der Waals surface area contributed by atoms with E-state index in [-0.39, 0.29) is 5.91 Å². The van der Waals surface area contributed by atoms with Gasteiger partial charge in [-0.2, -0.15) is 0 Å². The van der Waals surface area contributed by atoms with Crippen molar-refractivity contribution in [2.24, 2.45) is 0 Å². The van der Waals surface area contributed by atoms with Crippen LogP contribution in [-0.4, -0.2) is 10.9 Å². The number of fused-ring (bicyclic) bond motifs is 1. The van der Waals surface area contributed by atoms with Gasteiger partial charge in [-0.05, 0) is 55.8 Å². The summed E-state index contributed by atoms with van der Waals surface area (Å²) in [6, 6.07) is 11.4. The maximum Gasteiger partial charge on any atom is 0.255 e. The number of aryl methyl sites for hydroxylation is 2. The second-order valence-electron chi connectivity index (χ2n) is 4.89. The zero-order valence-electron chi connectivity index (χ0n) is 11.6. The molecule has 1 aromatic heterocycles. The Hall–Kier alpha value is -1.72. The molecule has 0 spiro atoms. The Morgan fingerprint density at radius 1 is 1.19 bits per heavy atom. The largest absolute Gasteiger partial charge is 0.322 e. The van der Waals surface area contributed by atoms with Gasteiger partial charge in [0.2, 0.25) is 0 Å². The van der Waals surface area contributed by atoms with Crippen molar-refractivity contribution in [2.75, 3.05) is 5.32 Å². The molecule has 0 fully saturated rings. The molecule has 0 saturated heterocycles. The number of nitrogens with zero attached hydrogens (tertiary/aromatic N) is 1. The second-order valence-corrected chi connectivity index (χ2v) is 7.04. The van der Waals surface area contributed by atoms with Gasteiger partial charge < -0.3 is 5.32 Å². The van der Waals surface area contributed by atoms with E-state index in [2.05, 4.69) is 26.2 Å². The SMILES string of the molecule is Cc1cc(Br)cc(C(=O)Nc2ccc3nc(C)sc3c2)c1. The van der Waals surface area contributed by atoms with Crippen LogP contribution in [0.15, 0.2) is 40.9 Å². The highest BCUT2D eigenvalue weighted by molar-refractivity contribution is 9.10. The molecular weight excluding hydrogens is 348 g/mol. The maximum atomic E-state index is 12.3. The van der Waals surface area contributed by atoms with Gasteiger partial charge in [-0.25, -0.2) is 4.98 Å². The van der Waals surface area contributed by atoms with Crippen molar-refractivity contribution in [3.63, 3.8) is 0 Å². The Balaban J connectivity index is 1.88. The molecule has 3 aromatic rings. The van der Waals surface area contributed by atoms with E-state index in [1.54, 1.807) is 11.3 Å². The quantitative estimate of drug-likeness (QED) is 0.703. The zero-order chi connectivity index (χ0) is 15.0. The van der Waals surface area contributed by atoms with Crippen molar-refractivity contribution in [1.29, 1.82) is 0 Å². The molecule has 1 N–H and O–H groups in total. The number of thiazole rings is 1. The van der Waals surface area contributed by atoms with E-state index in [0.717, 1.165) is 30.9 Å². The molecule has 21 heavy (non-hydrogen) atoms. The van der Waals surface area contributed by atoms with Crippen molar-refractivity contribution in [2.45, 2.75) is 13.8 Å². The molecule has 106 valence electrons. The first-order valence-corrected chi connectivity index (χ1v) is 8.08. The Kier molecular flexibility index (Phi) is 3.78. The molecule has 3 nitrogen and oxygen atoms in total. The van der Waals surface area contributed by atoms with Gasteiger partial charge in [-0.15, -0.1) is 11.3 Å². The summed E-state index contributed by atoms with van der Waals surface area (Å²) in [7, 11) is 0. The van der Waals surface area contributed by atoms with E-state index in [0.29, 0.717) is 5.56 Å². The number of rotatable bonds is 2. The third-order valence-electron chi connectivity index (χ3n) is 3.06. The molecule has 0 unspecified atom stereocenters. The number of hydrogen-bond donors (Lipinski definition) is 1. The van der Waals surface area contributed by atoms with Crippen molar-refractivity contribution >= 4 is 49.1 Å². The van der Waals surface area contributed by atoms with Crippen LogP contribution in [0.4, 0.5) is 5.69 Å². The summed E-state index contributed by atoms with van der Waals surface area (Å²) < 4.78 is 1.98. The highest BCUT2D eigenvalue weighted by atomic mass is 79.9. The molecule has 1 heterocycles. The van der Waals surface area contributed by atoms with Gasteiger partial charge in [-0.1, -0.05) is 15.9 Å². The van der Waals surface area contributed by atoms with Crippen LogP contribution in [0.1, 0.15) is 20.9 Å². The number of benzene rings is 2. The molecule has 0 saturated carbocycles. The predicted octanol–water partition coefficient (Wildman–Crippen LogP) is 4.93. The maximum absolute atomic E-state index is 12.3. The van der Waals surface area contributed by atoms with Crippen LogP contribution in [0.25, 0.3) is 10.2 Å². The summed E-state index contributed by atoms with van der Waals surface area (Å²) in [6.07, 6.45) is 0. The number of anilines is 1. The van der Waals surface area contributed by atoms with Crippen LogP contribution in [-0.2, 0) is 0 Å². The molecule has 5 heteroatoms. The van der Waals surface area contributed by atoms with Crippen molar-refractivity contribution in [3.05, 3.63) is 57.0 Å². The Morgan fingerprint density at radius 2 is 2.00 bits per heavy atom. The third kappa shape index (κ3) is 3.14. The van der Waals surface area contributed by atoms with Crippen LogP contribution in [0.5, 0.6) is 0 Å². The molecule has 0 aliphatic carbocycles. The molecule has 0 bridgehead atoms. The first-order valence-electron chi connectivity index (χ1n) is 6.47. The summed E-state index contributed by atoms with van der Waals surface area (Å²) >= 11 is 5.04. The minimum atomic E-state index is -0.111. The fraction of sp³-hybridized carbons (Fsp3) is 0.125. The standard InChI is InChI=1S/C16H13BrN2OS/c1-9-5-11(7-12(17)6-9)16(20)19-13-3-4-14-15(8-13)21-10(2)18-14/h3-8H,1-2H3,(H,19,20). The summed E-state index contributed by atoms with van der Waals surface area (Å²) in [6.45, 7) is 3.95. The summed E-state index contributed by atoms with van der Waals surface area (Å²) in [5.41, 5.74) is 3.44. The van der Waals surface area contributed by atoms with E-state index >= 15 is 0 Å². The van der Waals surface area contributed by atoms with Gasteiger partial charge in [0.05, 0.1) is 15.2 Å². The lowest BCUT2D eigenvalue weighted by molar-refractivity contribution is 0.102. The van der Waals surface area contributed by atoms with Crippen molar-refractivity contribution < 1.29 is 4.79 Å². The van der Waals surface area contributed by atoms with E-state index in [9.17, 15) is 4.79 Å². The topological polar surface area (TPSA) is 42.0 Å². The van der Waals surface area contributed by atoms with Crippen LogP contribution in [0.3, 0.4) is 0 Å². The number of carbonyl (C=O) groups excluding carboxylic acids is 1. The van der Waals surface area contributed by atoms with Crippen LogP contribution in [0.2, 0.25) is 0 Å². The van der Waals surface area contributed by atoms with E-state index in [1.807, 2.05) is 50.2 Å². The highest BCUT2D eigenvalue weighted by Crippen LogP contribution is 2.25. The molecule has 0 atom stereocenters. The first kappa shape index (κ1) is 14.2. The van der Waals surface area contributed by atoms with Crippen LogP contribution < -0.4 is 5.32 Å². The molecule has 3 rings (SSSR count). The lowest BCUT2D eigenvalue weighted by Gasteiger charge is -2.06. The number of halogens is 1. The van der Waals surface area contributed by atoms with Gasteiger partial charge in [-0.3, -0.25) is 4.79 Å². The number of carbonyl (C=O) groups is 1. The van der Waals surface area contributed by atoms with Crippen molar-refractivity contribution in [1.82, 2.24) is 4.98 Å². The summed E-state index contributed by atoms with van der Waals surface area (Å²) in [5, 5.41) is 3.96. The van der Waals surface area contributed by atoms with Gasteiger partial charge >= 0.3 is 0 Å². The van der Waals surface area contributed by atoms with E-state index in [4.69, 9.17) is 0 Å². The Bertz CT molecular complexity index is 821. The fourth-order valence-corrected chi connectivity index (χ4v) is 3.66. The van der Waals surface area contributed by atoms with Crippen LogP contribution in [0, 0.1) is 13.8 Å². The van der Waals surface area contributed by atoms with Gasteiger partial charge in [0.1, 0.15) is 0 Å². The van der Waals surface area contributed by atoms with E-state index in [1.165, 1.54) is 0 Å². The molecule has 0 radical (unpaired) electrons. The average molecular weight is 361 g/mol. The lowest BCUT2D eigenvalue weighted by atomic mass is 10.1. The smallest absolute Gasteiger partial charge is 0.255 e. The predicted molar refractivity (Wildman–Crippen MR) is 91.2 cm³/mol. The minimum absolute atomic E-state index is 0.111. The third-order valence-corrected chi connectivity index (χ3v) is 4.45. The molecule has 2 aromatic carbocycles. The average Bonchev–Trinajstić information content (AvgIpc) is 2.77. The number of aromatic nitrogens is 1. The molecule has 0 aliphatic heterocycles. The van der Waals surface area contributed by atoms with Gasteiger partial charge in [0.15, 0.2) is 0 Å². The van der Waals surface area contributed by atoms with E-state index < -0.39 is 0 Å². The number of hydrogen-bond acceptors (Lipinski definition) is 3. The number of amides is 1. The van der Waals surface area contributed by atoms with Crippen LogP contribution >= 0.6 is 27.3 Å². The number of nitrogens with one attached hydrogen (secondary N) is 1. The monoisotopic (exact) mass is 360 g/mol. The van der Waals surface area contributed by atoms with Crippen molar-refractivity contribution in [3.8, 4) is 0 Å². The first-order chi connectivity index (χ1) is 10.0. The Labute approximate surface area is 135 Å². The summed E-state index contributed by atoms with van der Waals surface area (Å²) in [4.78, 5) is 16.7. The molecule has 1 amide bonds. The fourth-order valence-electron chi connectivity index (χ4n) is 2.19. The zero-order valence-corrected chi connectivity index (χ0v) is 14.0. The molecule has 0 aliphatic rings. The summed E-state index contributed by atoms with van der Waals surface area (Å²) in [5.74, 6) is -0.111. The minimum Gasteiger partial charge on any atom is -0.322 e. The molecular formula is C16H13BrN2OS.